The standard InChI is InChI=1S/C20H20ClF2N3O5S/c1-11-15(19(21)26(25-11)14-7-8-32(29,30)10-14)4-6-18(27)31-12(2)20(28)24-13-3-5-16(22)17(23)9-13/h3-6,9,12,14H,7-8,10H2,1-2H3,(H,24,28). The van der Waals surface area contributed by atoms with Gasteiger partial charge in [-0.15, -0.1) is 0 Å². The molecule has 1 saturated heterocycles. The van der Waals surface area contributed by atoms with Crippen molar-refractivity contribution in [1.29, 1.82) is 0 Å². The first-order valence-electron chi connectivity index (χ1n) is 9.56. The minimum atomic E-state index is -3.13. The maximum Gasteiger partial charge on any atom is 0.331 e. The lowest BCUT2D eigenvalue weighted by Gasteiger charge is -2.12. The highest BCUT2D eigenvalue weighted by molar-refractivity contribution is 7.91. The fraction of sp³-hybridized carbons (Fsp3) is 0.350. The number of sulfone groups is 1. The van der Waals surface area contributed by atoms with Crippen molar-refractivity contribution < 1.29 is 31.5 Å². The van der Waals surface area contributed by atoms with E-state index in [1.807, 2.05) is 0 Å². The number of aromatic nitrogens is 2. The molecule has 0 saturated carbocycles. The normalized spacial score (nSPS) is 18.6. The number of nitrogens with one attached hydrogen (secondary N) is 1. The number of amides is 1. The van der Waals surface area contributed by atoms with E-state index in [2.05, 4.69) is 10.4 Å². The maximum absolute atomic E-state index is 13.2. The summed E-state index contributed by atoms with van der Waals surface area (Å²) in [5, 5.41) is 6.79. The smallest absolute Gasteiger partial charge is 0.331 e. The number of rotatable bonds is 6. The Balaban J connectivity index is 1.62. The number of benzene rings is 1. The van der Waals surface area contributed by atoms with Crippen LogP contribution in [0, 0.1) is 18.6 Å². The van der Waals surface area contributed by atoms with Crippen LogP contribution in [0.25, 0.3) is 6.08 Å². The number of esters is 1. The molecule has 2 heterocycles. The van der Waals surface area contributed by atoms with Crippen molar-refractivity contribution in [3.63, 3.8) is 0 Å². The van der Waals surface area contributed by atoms with E-state index in [4.69, 9.17) is 16.3 Å². The van der Waals surface area contributed by atoms with Gasteiger partial charge in [-0.25, -0.2) is 26.7 Å². The number of aryl methyl sites for hydroxylation is 1. The number of nitrogens with zero attached hydrogens (tertiary/aromatic N) is 2. The molecule has 0 radical (unpaired) electrons. The second kappa shape index (κ2) is 9.37. The van der Waals surface area contributed by atoms with Crippen LogP contribution in [0.2, 0.25) is 5.15 Å². The van der Waals surface area contributed by atoms with Crippen LogP contribution in [0.5, 0.6) is 0 Å². The molecule has 1 aromatic heterocycles. The van der Waals surface area contributed by atoms with Gasteiger partial charge in [0.15, 0.2) is 27.6 Å². The Hall–Kier alpha value is -2.79. The molecule has 32 heavy (non-hydrogen) atoms. The van der Waals surface area contributed by atoms with Gasteiger partial charge < -0.3 is 10.1 Å². The van der Waals surface area contributed by atoms with Crippen LogP contribution in [0.3, 0.4) is 0 Å². The fourth-order valence-corrected chi connectivity index (χ4v) is 5.24. The Morgan fingerprint density at radius 2 is 2.06 bits per heavy atom. The van der Waals surface area contributed by atoms with Gasteiger partial charge >= 0.3 is 5.97 Å². The van der Waals surface area contributed by atoms with Gasteiger partial charge in [0.25, 0.3) is 5.91 Å². The fourth-order valence-electron chi connectivity index (χ4n) is 3.17. The van der Waals surface area contributed by atoms with Crippen molar-refractivity contribution in [1.82, 2.24) is 9.78 Å². The highest BCUT2D eigenvalue weighted by Gasteiger charge is 2.31. The predicted octanol–water partition coefficient (Wildman–Crippen LogP) is 3.07. The van der Waals surface area contributed by atoms with Gasteiger partial charge in [-0.1, -0.05) is 11.6 Å². The molecule has 0 aliphatic carbocycles. The highest BCUT2D eigenvalue weighted by atomic mass is 35.5. The van der Waals surface area contributed by atoms with Crippen LogP contribution in [0.1, 0.15) is 30.6 Å². The third-order valence-corrected chi connectivity index (χ3v) is 6.99. The molecule has 8 nitrogen and oxygen atoms in total. The number of carbonyl (C=O) groups is 2. The van der Waals surface area contributed by atoms with E-state index < -0.39 is 39.5 Å². The zero-order valence-electron chi connectivity index (χ0n) is 17.1. The molecule has 1 aliphatic heterocycles. The number of anilines is 1. The van der Waals surface area contributed by atoms with Crippen molar-refractivity contribution in [2.75, 3.05) is 16.8 Å². The number of hydrogen-bond donors (Lipinski definition) is 1. The third-order valence-electron chi connectivity index (χ3n) is 4.86. The van der Waals surface area contributed by atoms with Crippen LogP contribution >= 0.6 is 11.6 Å². The van der Waals surface area contributed by atoms with E-state index >= 15 is 0 Å². The van der Waals surface area contributed by atoms with Crippen LogP contribution in [0.4, 0.5) is 14.5 Å². The average molecular weight is 488 g/mol. The van der Waals surface area contributed by atoms with Crippen molar-refractivity contribution >= 4 is 45.1 Å². The maximum atomic E-state index is 13.2. The highest BCUT2D eigenvalue weighted by Crippen LogP contribution is 2.30. The summed E-state index contributed by atoms with van der Waals surface area (Å²) in [4.78, 5) is 24.2. The summed E-state index contributed by atoms with van der Waals surface area (Å²) in [5.74, 6) is -3.75. The average Bonchev–Trinajstić information content (AvgIpc) is 3.21. The van der Waals surface area contributed by atoms with Gasteiger partial charge in [0.05, 0.1) is 23.2 Å². The third kappa shape index (κ3) is 5.52. The van der Waals surface area contributed by atoms with E-state index in [1.165, 1.54) is 23.7 Å². The molecule has 12 heteroatoms. The number of hydrogen-bond acceptors (Lipinski definition) is 6. The van der Waals surface area contributed by atoms with E-state index in [-0.39, 0.29) is 28.4 Å². The predicted molar refractivity (Wildman–Crippen MR) is 114 cm³/mol. The van der Waals surface area contributed by atoms with E-state index in [1.54, 1.807) is 6.92 Å². The quantitative estimate of drug-likeness (QED) is 0.495. The molecule has 1 N–H and O–H groups in total. The Morgan fingerprint density at radius 3 is 2.69 bits per heavy atom. The van der Waals surface area contributed by atoms with E-state index in [0.717, 1.165) is 18.2 Å². The molecule has 3 rings (SSSR count). The van der Waals surface area contributed by atoms with Gasteiger partial charge in [-0.2, -0.15) is 5.10 Å². The number of halogens is 3. The number of carbonyl (C=O) groups excluding carboxylic acids is 2. The molecule has 2 atom stereocenters. The molecule has 0 spiro atoms. The lowest BCUT2D eigenvalue weighted by molar-refractivity contribution is -0.148. The second-order valence-electron chi connectivity index (χ2n) is 7.32. The zero-order valence-corrected chi connectivity index (χ0v) is 18.7. The van der Waals surface area contributed by atoms with Gasteiger partial charge in [-0.3, -0.25) is 4.79 Å². The van der Waals surface area contributed by atoms with Crippen LogP contribution in [-0.4, -0.2) is 47.7 Å². The van der Waals surface area contributed by atoms with Crippen LogP contribution in [-0.2, 0) is 24.2 Å². The first-order chi connectivity index (χ1) is 15.0. The molecule has 172 valence electrons. The minimum Gasteiger partial charge on any atom is -0.449 e. The van der Waals surface area contributed by atoms with Crippen molar-refractivity contribution in [2.24, 2.45) is 0 Å². The van der Waals surface area contributed by atoms with Crippen LogP contribution < -0.4 is 5.32 Å². The number of ether oxygens (including phenoxy) is 1. The SMILES string of the molecule is Cc1nn(C2CCS(=O)(=O)C2)c(Cl)c1C=CC(=O)OC(C)C(=O)Nc1ccc(F)c(F)c1. The van der Waals surface area contributed by atoms with Gasteiger partial charge in [-0.05, 0) is 38.5 Å². The lowest BCUT2D eigenvalue weighted by atomic mass is 10.2. The lowest BCUT2D eigenvalue weighted by Crippen LogP contribution is -2.29. The summed E-state index contributed by atoms with van der Waals surface area (Å²) in [6, 6.07) is 2.46. The Bertz CT molecular complexity index is 1200. The molecule has 1 aromatic carbocycles. The summed E-state index contributed by atoms with van der Waals surface area (Å²) >= 11 is 6.34. The second-order valence-corrected chi connectivity index (χ2v) is 9.91. The molecular weight excluding hydrogens is 468 g/mol. The Labute approximate surface area is 188 Å². The summed E-state index contributed by atoms with van der Waals surface area (Å²) in [7, 11) is -3.13. The zero-order chi connectivity index (χ0) is 23.6. The van der Waals surface area contributed by atoms with Gasteiger partial charge in [0.1, 0.15) is 5.15 Å². The minimum absolute atomic E-state index is 0.0103. The van der Waals surface area contributed by atoms with Gasteiger partial charge in [0, 0.05) is 23.4 Å². The molecule has 1 aliphatic rings. The molecule has 0 bridgehead atoms. The summed E-state index contributed by atoms with van der Waals surface area (Å²) in [5.41, 5.74) is 0.926. The summed E-state index contributed by atoms with van der Waals surface area (Å²) in [6.45, 7) is 2.98. The van der Waals surface area contributed by atoms with Crippen molar-refractivity contribution in [2.45, 2.75) is 32.4 Å². The molecule has 2 unspecified atom stereocenters. The van der Waals surface area contributed by atoms with Crippen LogP contribution in [0.15, 0.2) is 24.3 Å². The van der Waals surface area contributed by atoms with E-state index in [9.17, 15) is 26.8 Å². The van der Waals surface area contributed by atoms with Crippen molar-refractivity contribution in [3.05, 3.63) is 52.3 Å². The topological polar surface area (TPSA) is 107 Å². The van der Waals surface area contributed by atoms with Crippen molar-refractivity contribution in [3.8, 4) is 0 Å². The Kier molecular flexibility index (Phi) is 6.99. The Morgan fingerprint density at radius 1 is 1.34 bits per heavy atom. The van der Waals surface area contributed by atoms with E-state index in [0.29, 0.717) is 17.7 Å². The van der Waals surface area contributed by atoms with Gasteiger partial charge in [0.2, 0.25) is 0 Å². The molecule has 1 amide bonds. The molecule has 2 aromatic rings. The molecule has 1 fully saturated rings. The first kappa shape index (κ1) is 23.9. The monoisotopic (exact) mass is 487 g/mol. The summed E-state index contributed by atoms with van der Waals surface area (Å²) in [6.07, 6.45) is 1.61. The molecular formula is C20H20ClF2N3O5S. The first-order valence-corrected chi connectivity index (χ1v) is 11.8. The summed E-state index contributed by atoms with van der Waals surface area (Å²) < 4.78 is 56.1. The largest absolute Gasteiger partial charge is 0.449 e.